The zero-order chi connectivity index (χ0) is 36.4. The fourth-order valence-corrected chi connectivity index (χ4v) is 6.68. The smallest absolute Gasteiger partial charge is 0.321 e. The predicted octanol–water partition coefficient (Wildman–Crippen LogP) is 5.76. The third-order valence-electron chi connectivity index (χ3n) is 8.78. The monoisotopic (exact) mass is 710 g/mol. The summed E-state index contributed by atoms with van der Waals surface area (Å²) < 4.78 is 46.9. The van der Waals surface area contributed by atoms with Gasteiger partial charge in [-0.15, -0.1) is 0 Å². The van der Waals surface area contributed by atoms with Gasteiger partial charge in [-0.05, 0) is 94.6 Å². The molecule has 13 heteroatoms. The highest BCUT2D eigenvalue weighted by atomic mass is 32.2. The Hall–Kier alpha value is -4.33. The molecule has 1 heterocycles. The molecule has 3 amide bonds. The molecule has 0 spiro atoms. The number of urea groups is 1. The van der Waals surface area contributed by atoms with Crippen LogP contribution in [0.4, 0.5) is 16.2 Å². The molecule has 0 radical (unpaired) electrons. The lowest BCUT2D eigenvalue weighted by atomic mass is 10.0. The van der Waals surface area contributed by atoms with E-state index in [4.69, 9.17) is 14.2 Å². The van der Waals surface area contributed by atoms with Gasteiger partial charge in [0.05, 0.1) is 42.4 Å². The van der Waals surface area contributed by atoms with Crippen molar-refractivity contribution in [3.63, 3.8) is 0 Å². The van der Waals surface area contributed by atoms with Crippen molar-refractivity contribution in [1.29, 1.82) is 0 Å². The number of fused-ring (bicyclic) bond motifs is 1. The maximum absolute atomic E-state index is 14.4. The number of carbonyl (C=O) groups is 2. The van der Waals surface area contributed by atoms with Crippen LogP contribution in [0.3, 0.4) is 0 Å². The van der Waals surface area contributed by atoms with Crippen LogP contribution in [0.25, 0.3) is 0 Å². The Labute approximate surface area is 295 Å². The molecule has 272 valence electrons. The van der Waals surface area contributed by atoms with Crippen LogP contribution < -0.4 is 19.5 Å². The number of benzene rings is 3. The van der Waals surface area contributed by atoms with Crippen LogP contribution in [0.15, 0.2) is 71.6 Å². The van der Waals surface area contributed by atoms with Crippen molar-refractivity contribution in [3.05, 3.63) is 77.9 Å². The van der Waals surface area contributed by atoms with Gasteiger partial charge in [0, 0.05) is 44.0 Å². The van der Waals surface area contributed by atoms with Gasteiger partial charge >= 0.3 is 6.03 Å². The number of carbonyl (C=O) groups excluding carboxylic acids is 2. The number of aliphatic hydroxyl groups is 1. The maximum atomic E-state index is 14.4. The zero-order valence-corrected chi connectivity index (χ0v) is 30.5. The molecule has 1 aliphatic rings. The molecule has 50 heavy (non-hydrogen) atoms. The average molecular weight is 711 g/mol. The number of anilines is 2. The second kappa shape index (κ2) is 17.6. The lowest BCUT2D eigenvalue weighted by Gasteiger charge is -2.35. The first kappa shape index (κ1) is 38.5. The van der Waals surface area contributed by atoms with E-state index in [0.29, 0.717) is 30.2 Å². The summed E-state index contributed by atoms with van der Waals surface area (Å²) in [4.78, 5) is 30.8. The number of aryl methyl sites for hydroxylation is 1. The molecule has 3 aromatic carbocycles. The van der Waals surface area contributed by atoms with Gasteiger partial charge in [0.15, 0.2) is 0 Å². The molecule has 0 bridgehead atoms. The molecule has 3 N–H and O–H groups in total. The van der Waals surface area contributed by atoms with E-state index in [9.17, 15) is 23.1 Å². The Balaban J connectivity index is 1.61. The molecule has 0 aliphatic carbocycles. The Morgan fingerprint density at radius 1 is 1.06 bits per heavy atom. The van der Waals surface area contributed by atoms with Crippen molar-refractivity contribution in [3.8, 4) is 11.5 Å². The lowest BCUT2D eigenvalue weighted by Crippen LogP contribution is -2.48. The Bertz CT molecular complexity index is 1680. The third kappa shape index (κ3) is 10.3. The highest BCUT2D eigenvalue weighted by Crippen LogP contribution is 2.30. The molecule has 1 aliphatic heterocycles. The van der Waals surface area contributed by atoms with Gasteiger partial charge in [0.1, 0.15) is 11.5 Å². The van der Waals surface area contributed by atoms with E-state index in [1.807, 2.05) is 20.8 Å². The van der Waals surface area contributed by atoms with Gasteiger partial charge in [0.2, 0.25) is 0 Å². The quantitative estimate of drug-likeness (QED) is 0.254. The number of hydrogen-bond donors (Lipinski definition) is 3. The predicted molar refractivity (Wildman–Crippen MR) is 194 cm³/mol. The summed E-state index contributed by atoms with van der Waals surface area (Å²) in [5.41, 5.74) is 1.91. The summed E-state index contributed by atoms with van der Waals surface area (Å²) in [6.07, 6.45) is 1.58. The normalized spacial score (nSPS) is 19.7. The largest absolute Gasteiger partial charge is 0.497 e. The zero-order valence-electron chi connectivity index (χ0n) is 29.7. The number of methoxy groups -OCH3 is 1. The van der Waals surface area contributed by atoms with Gasteiger partial charge in [-0.3, -0.25) is 9.52 Å². The minimum atomic E-state index is -3.94. The summed E-state index contributed by atoms with van der Waals surface area (Å²) in [6, 6.07) is 17.3. The molecule has 0 unspecified atom stereocenters. The number of nitrogens with zero attached hydrogens (tertiary/aromatic N) is 2. The summed E-state index contributed by atoms with van der Waals surface area (Å²) in [6.45, 7) is 8.07. The van der Waals surface area contributed by atoms with E-state index in [0.717, 1.165) is 18.4 Å². The van der Waals surface area contributed by atoms with Gasteiger partial charge in [-0.1, -0.05) is 24.6 Å². The number of hydrogen-bond acceptors (Lipinski definition) is 8. The molecule has 0 saturated carbocycles. The van der Waals surface area contributed by atoms with Crippen LogP contribution in [-0.4, -0.2) is 94.0 Å². The number of ether oxygens (including phenoxy) is 3. The topological polar surface area (TPSA) is 147 Å². The number of rotatable bonds is 9. The summed E-state index contributed by atoms with van der Waals surface area (Å²) >= 11 is 0. The van der Waals surface area contributed by atoms with Crippen LogP contribution in [0.2, 0.25) is 0 Å². The fourth-order valence-electron chi connectivity index (χ4n) is 5.63. The first-order valence-corrected chi connectivity index (χ1v) is 18.4. The summed E-state index contributed by atoms with van der Waals surface area (Å²) in [7, 11) is -0.677. The first-order chi connectivity index (χ1) is 23.8. The van der Waals surface area contributed by atoms with Crippen molar-refractivity contribution < 1.29 is 37.3 Å². The summed E-state index contributed by atoms with van der Waals surface area (Å²) in [5, 5.41) is 13.1. The SMILES string of the molecule is COc1ccc(NC(=O)N(C)C[C@H]2OCCCC[C@H](C)Oc3ccc(NS(=O)(=O)c4ccc(C)cc4)cc3C(=O)N([C@@H](C)CO)C[C@H]2C)cc1. The Morgan fingerprint density at radius 2 is 1.74 bits per heavy atom. The van der Waals surface area contributed by atoms with E-state index in [-0.39, 0.29) is 53.9 Å². The molecular formula is C37H50N4O8S. The number of sulfonamides is 1. The highest BCUT2D eigenvalue weighted by Gasteiger charge is 2.31. The van der Waals surface area contributed by atoms with Gasteiger partial charge < -0.3 is 34.4 Å². The van der Waals surface area contributed by atoms with Crippen molar-refractivity contribution in [2.75, 3.05) is 50.5 Å². The molecule has 0 saturated heterocycles. The molecule has 0 fully saturated rings. The van der Waals surface area contributed by atoms with E-state index in [1.165, 1.54) is 18.2 Å². The van der Waals surface area contributed by atoms with Crippen LogP contribution in [-0.2, 0) is 14.8 Å². The average Bonchev–Trinajstić information content (AvgIpc) is 3.09. The summed E-state index contributed by atoms with van der Waals surface area (Å²) in [5.74, 6) is 0.304. The second-order valence-corrected chi connectivity index (χ2v) is 14.7. The molecule has 0 aromatic heterocycles. The third-order valence-corrected chi connectivity index (χ3v) is 10.2. The standard InChI is InChI=1S/C37H50N4O8S/c1-25-10-17-32(18-11-25)50(45,46)39-30-14-19-34-33(21-30)36(43)41(27(3)24-42)22-26(2)35(48-20-8-7-9-28(4)49-34)23-40(5)37(44)38-29-12-15-31(47-6)16-13-29/h10-19,21,26-28,35,39,42H,7-9,20,22-24H2,1-6H3,(H,38,44)/t26-,27+,28+,35-/m1/s1. The fraction of sp³-hybridized carbons (Fsp3) is 0.459. The molecule has 12 nitrogen and oxygen atoms in total. The van der Waals surface area contributed by atoms with E-state index < -0.39 is 28.1 Å². The van der Waals surface area contributed by atoms with Crippen LogP contribution in [0.1, 0.15) is 56.0 Å². The van der Waals surface area contributed by atoms with E-state index in [1.54, 1.807) is 79.4 Å². The number of aliphatic hydroxyl groups excluding tert-OH is 1. The van der Waals surface area contributed by atoms with Crippen molar-refractivity contribution in [2.45, 2.75) is 70.1 Å². The Morgan fingerprint density at radius 3 is 2.40 bits per heavy atom. The van der Waals surface area contributed by atoms with Crippen LogP contribution in [0.5, 0.6) is 11.5 Å². The number of likely N-dealkylation sites (N-methyl/N-ethyl adjacent to an activating group) is 1. The van der Waals surface area contributed by atoms with Crippen molar-refractivity contribution in [1.82, 2.24) is 9.80 Å². The van der Waals surface area contributed by atoms with Crippen molar-refractivity contribution >= 4 is 33.3 Å². The van der Waals surface area contributed by atoms with E-state index >= 15 is 0 Å². The molecule has 4 atom stereocenters. The van der Waals surface area contributed by atoms with Gasteiger partial charge in [0.25, 0.3) is 15.9 Å². The highest BCUT2D eigenvalue weighted by molar-refractivity contribution is 7.92. The second-order valence-electron chi connectivity index (χ2n) is 13.0. The number of amides is 3. The first-order valence-electron chi connectivity index (χ1n) is 16.9. The minimum Gasteiger partial charge on any atom is -0.497 e. The van der Waals surface area contributed by atoms with Crippen molar-refractivity contribution in [2.24, 2.45) is 5.92 Å². The minimum absolute atomic E-state index is 0.0948. The molecule has 4 rings (SSSR count). The lowest BCUT2D eigenvalue weighted by molar-refractivity contribution is -0.0115. The number of nitrogens with one attached hydrogen (secondary N) is 2. The molecule has 3 aromatic rings. The molecular weight excluding hydrogens is 660 g/mol. The van der Waals surface area contributed by atoms with E-state index in [2.05, 4.69) is 10.0 Å². The maximum Gasteiger partial charge on any atom is 0.321 e. The Kier molecular flexibility index (Phi) is 13.5. The van der Waals surface area contributed by atoms with Gasteiger partial charge in [-0.2, -0.15) is 0 Å². The van der Waals surface area contributed by atoms with Crippen LogP contribution in [0, 0.1) is 12.8 Å². The van der Waals surface area contributed by atoms with Crippen LogP contribution >= 0.6 is 0 Å². The van der Waals surface area contributed by atoms with Gasteiger partial charge in [-0.25, -0.2) is 13.2 Å².